The van der Waals surface area contributed by atoms with E-state index in [1.165, 1.54) is 15.9 Å². The van der Waals surface area contributed by atoms with Crippen LogP contribution in [0.5, 0.6) is 11.5 Å². The number of benzene rings is 3. The van der Waals surface area contributed by atoms with Crippen molar-refractivity contribution in [2.24, 2.45) is 4.99 Å². The van der Waals surface area contributed by atoms with Crippen molar-refractivity contribution in [2.45, 2.75) is 33.4 Å². The molecule has 0 radical (unpaired) electrons. The summed E-state index contributed by atoms with van der Waals surface area (Å²) in [5, 5.41) is 0. The van der Waals surface area contributed by atoms with Crippen molar-refractivity contribution in [3.8, 4) is 11.5 Å². The average Bonchev–Trinajstić information content (AvgIpc) is 3.29. The summed E-state index contributed by atoms with van der Waals surface area (Å²) in [4.78, 5) is 32.2. The van der Waals surface area contributed by atoms with Crippen LogP contribution in [0.1, 0.15) is 43.5 Å². The minimum Gasteiger partial charge on any atom is -0.490 e. The summed E-state index contributed by atoms with van der Waals surface area (Å²) in [5.74, 6) is 0.631. The van der Waals surface area contributed by atoms with E-state index < -0.39 is 12.0 Å². The van der Waals surface area contributed by atoms with Crippen LogP contribution in [-0.4, -0.2) is 23.8 Å². The summed E-state index contributed by atoms with van der Waals surface area (Å²) in [6, 6.07) is 22.5. The number of rotatable bonds is 9. The second-order valence-electron chi connectivity index (χ2n) is 9.25. The van der Waals surface area contributed by atoms with Crippen molar-refractivity contribution in [1.29, 1.82) is 0 Å². The third-order valence-corrected chi connectivity index (χ3v) is 8.04. The Morgan fingerprint density at radius 2 is 1.76 bits per heavy atom. The Morgan fingerprint density at radius 3 is 2.46 bits per heavy atom. The van der Waals surface area contributed by atoms with Crippen LogP contribution in [0.3, 0.4) is 0 Å². The summed E-state index contributed by atoms with van der Waals surface area (Å²) >= 11 is 4.73. The van der Waals surface area contributed by atoms with Crippen LogP contribution in [0.25, 0.3) is 11.8 Å². The van der Waals surface area contributed by atoms with Crippen LogP contribution in [-0.2, 0) is 16.1 Å². The zero-order valence-electron chi connectivity index (χ0n) is 22.9. The van der Waals surface area contributed by atoms with E-state index >= 15 is 0 Å². The Bertz CT molecular complexity index is 1780. The molecule has 41 heavy (non-hydrogen) atoms. The number of carbonyl (C=O) groups is 1. The van der Waals surface area contributed by atoms with Gasteiger partial charge in [0.1, 0.15) is 12.6 Å². The van der Waals surface area contributed by atoms with Gasteiger partial charge in [-0.2, -0.15) is 0 Å². The average molecular weight is 634 g/mol. The molecule has 4 aromatic rings. The first-order valence-corrected chi connectivity index (χ1v) is 14.9. The quantitative estimate of drug-likeness (QED) is 0.223. The highest BCUT2D eigenvalue weighted by atomic mass is 79.9. The number of ether oxygens (including phenoxy) is 3. The van der Waals surface area contributed by atoms with Gasteiger partial charge in [0, 0.05) is 10.2 Å². The predicted molar refractivity (Wildman–Crippen MR) is 164 cm³/mol. The molecule has 5 rings (SSSR count). The molecule has 0 amide bonds. The van der Waals surface area contributed by atoms with Crippen molar-refractivity contribution >= 4 is 45.0 Å². The molecule has 0 spiro atoms. The molecule has 3 aromatic carbocycles. The van der Waals surface area contributed by atoms with E-state index in [9.17, 15) is 9.59 Å². The van der Waals surface area contributed by atoms with Crippen molar-refractivity contribution in [2.75, 3.05) is 13.2 Å². The van der Waals surface area contributed by atoms with E-state index in [0.717, 1.165) is 21.2 Å². The fraction of sp³-hybridized carbons (Fsp3) is 0.219. The van der Waals surface area contributed by atoms with E-state index in [-0.39, 0.29) is 12.2 Å². The summed E-state index contributed by atoms with van der Waals surface area (Å²) < 4.78 is 20.4. The second kappa shape index (κ2) is 12.7. The molecule has 9 heteroatoms. The van der Waals surface area contributed by atoms with Gasteiger partial charge < -0.3 is 14.2 Å². The van der Waals surface area contributed by atoms with Gasteiger partial charge in [-0.25, -0.2) is 9.79 Å². The molecule has 1 aliphatic rings. The van der Waals surface area contributed by atoms with Gasteiger partial charge in [-0.15, -0.1) is 0 Å². The number of hydrogen-bond donors (Lipinski definition) is 0. The number of nitrogens with zero attached hydrogens (tertiary/aromatic N) is 2. The lowest BCUT2D eigenvalue weighted by Crippen LogP contribution is -2.35. The number of carbonyl (C=O) groups excluding carboxylic acids is 1. The first kappa shape index (κ1) is 28.6. The standard InChI is InChI=1S/C32H29BrN2O5S/c1-4-38-26-18-23(13-16-25(26)40-19-22-9-7-6-8-10-22)29-28(31(37)39-5-2)20(3)35-30(36)27(41-32(35)34-29)17-21-11-14-24(33)15-12-21/h6-18,29H,4-5,19H2,1-3H3/b27-17-/t29-/m0/s1. The first-order valence-electron chi connectivity index (χ1n) is 13.3. The maximum atomic E-state index is 13.5. The molecule has 0 saturated heterocycles. The summed E-state index contributed by atoms with van der Waals surface area (Å²) in [6.07, 6.45) is 1.83. The molecule has 0 bridgehead atoms. The highest BCUT2D eigenvalue weighted by molar-refractivity contribution is 9.10. The molecule has 0 unspecified atom stereocenters. The zero-order valence-corrected chi connectivity index (χ0v) is 25.3. The van der Waals surface area contributed by atoms with Gasteiger partial charge in [-0.05, 0) is 67.8 Å². The lowest BCUT2D eigenvalue weighted by atomic mass is 9.96. The third kappa shape index (κ3) is 6.21. The minimum absolute atomic E-state index is 0.201. The number of thiazole rings is 1. The van der Waals surface area contributed by atoms with Crippen molar-refractivity contribution in [3.63, 3.8) is 0 Å². The van der Waals surface area contributed by atoms with E-state index in [4.69, 9.17) is 19.2 Å². The molecule has 0 aliphatic carbocycles. The van der Waals surface area contributed by atoms with Crippen LogP contribution in [0, 0.1) is 0 Å². The number of hydrogen-bond acceptors (Lipinski definition) is 7. The third-order valence-electron chi connectivity index (χ3n) is 6.53. The highest BCUT2D eigenvalue weighted by Gasteiger charge is 2.32. The Balaban J connectivity index is 1.59. The zero-order chi connectivity index (χ0) is 28.9. The monoisotopic (exact) mass is 632 g/mol. The van der Waals surface area contributed by atoms with Crippen LogP contribution >= 0.6 is 27.3 Å². The van der Waals surface area contributed by atoms with Gasteiger partial charge in [0.2, 0.25) is 0 Å². The molecule has 0 saturated carbocycles. The summed E-state index contributed by atoms with van der Waals surface area (Å²) in [6.45, 7) is 6.44. The van der Waals surface area contributed by atoms with Gasteiger partial charge in [-0.1, -0.05) is 75.8 Å². The maximum absolute atomic E-state index is 13.5. The number of aromatic nitrogens is 1. The molecule has 0 N–H and O–H groups in total. The van der Waals surface area contributed by atoms with E-state index in [1.54, 1.807) is 13.8 Å². The fourth-order valence-corrected chi connectivity index (χ4v) is 5.89. The van der Waals surface area contributed by atoms with Crippen LogP contribution in [0.2, 0.25) is 0 Å². The lowest BCUT2D eigenvalue weighted by molar-refractivity contribution is -0.138. The molecule has 1 aliphatic heterocycles. The number of esters is 1. The molecule has 210 valence electrons. The molecular formula is C32H29BrN2O5S. The van der Waals surface area contributed by atoms with Gasteiger partial charge in [0.15, 0.2) is 16.3 Å². The molecule has 7 nitrogen and oxygen atoms in total. The normalized spacial score (nSPS) is 14.8. The molecule has 0 fully saturated rings. The van der Waals surface area contributed by atoms with Gasteiger partial charge in [0.05, 0.1) is 23.3 Å². The Labute approximate surface area is 250 Å². The predicted octanol–water partition coefficient (Wildman–Crippen LogP) is 5.65. The Hall–Kier alpha value is -3.95. The Kier molecular flexibility index (Phi) is 8.85. The number of fused-ring (bicyclic) bond motifs is 1. The van der Waals surface area contributed by atoms with E-state index in [0.29, 0.717) is 45.3 Å². The smallest absolute Gasteiger partial charge is 0.338 e. The second-order valence-corrected chi connectivity index (χ2v) is 11.2. The summed E-state index contributed by atoms with van der Waals surface area (Å²) in [5.41, 5.74) is 3.24. The number of allylic oxidation sites excluding steroid dienone is 1. The first-order chi connectivity index (χ1) is 19.9. The van der Waals surface area contributed by atoms with Gasteiger partial charge in [-0.3, -0.25) is 9.36 Å². The maximum Gasteiger partial charge on any atom is 0.338 e. The molecule has 1 atom stereocenters. The minimum atomic E-state index is -0.685. The lowest BCUT2D eigenvalue weighted by Gasteiger charge is -2.23. The van der Waals surface area contributed by atoms with Crippen molar-refractivity contribution in [1.82, 2.24) is 4.57 Å². The number of halogens is 1. The topological polar surface area (TPSA) is 79.1 Å². The fourth-order valence-electron chi connectivity index (χ4n) is 4.59. The van der Waals surface area contributed by atoms with Gasteiger partial charge in [0.25, 0.3) is 5.56 Å². The van der Waals surface area contributed by atoms with Gasteiger partial charge >= 0.3 is 5.97 Å². The van der Waals surface area contributed by atoms with Crippen molar-refractivity contribution in [3.05, 3.63) is 119 Å². The summed E-state index contributed by atoms with van der Waals surface area (Å²) in [7, 11) is 0. The SMILES string of the molecule is CCOC(=O)C1=C(C)n2c(s/c(=C\c3ccc(Br)cc3)c2=O)=N[C@H]1c1ccc(OCc2ccccc2)c(OCC)c1. The largest absolute Gasteiger partial charge is 0.490 e. The van der Waals surface area contributed by atoms with E-state index in [2.05, 4.69) is 15.9 Å². The molecule has 2 heterocycles. The van der Waals surface area contributed by atoms with E-state index in [1.807, 2.05) is 85.8 Å². The molecule has 1 aromatic heterocycles. The van der Waals surface area contributed by atoms with Crippen molar-refractivity contribution < 1.29 is 19.0 Å². The van der Waals surface area contributed by atoms with Crippen LogP contribution in [0.4, 0.5) is 0 Å². The van der Waals surface area contributed by atoms with Crippen LogP contribution in [0.15, 0.2) is 92.6 Å². The highest BCUT2D eigenvalue weighted by Crippen LogP contribution is 2.37. The van der Waals surface area contributed by atoms with Crippen LogP contribution < -0.4 is 24.4 Å². The Morgan fingerprint density at radius 1 is 1.00 bits per heavy atom. The molecular weight excluding hydrogens is 604 g/mol.